The number of carbonyl (C=O) groups excluding carboxylic acids is 1. The van der Waals surface area contributed by atoms with E-state index >= 15 is 0 Å². The van der Waals surface area contributed by atoms with Crippen molar-refractivity contribution in [1.29, 1.82) is 0 Å². The molecule has 1 rings (SSSR count). The quantitative estimate of drug-likeness (QED) is 0.645. The molecule has 5 nitrogen and oxygen atoms in total. The Hall–Kier alpha value is -1.91. The van der Waals surface area contributed by atoms with E-state index in [0.717, 1.165) is 12.8 Å². The number of hydrogen-bond acceptors (Lipinski definition) is 3. The summed E-state index contributed by atoms with van der Waals surface area (Å²) in [5.41, 5.74) is 0.997. The third-order valence-corrected chi connectivity index (χ3v) is 2.98. The van der Waals surface area contributed by atoms with Crippen molar-refractivity contribution in [1.82, 2.24) is 5.32 Å². The number of nitrogens with zero attached hydrogens (tertiary/aromatic N) is 1. The number of amides is 1. The predicted molar refractivity (Wildman–Crippen MR) is 69.7 cm³/mol. The summed E-state index contributed by atoms with van der Waals surface area (Å²) in [7, 11) is 0. The van der Waals surface area contributed by atoms with E-state index in [4.69, 9.17) is 0 Å². The van der Waals surface area contributed by atoms with Crippen molar-refractivity contribution in [3.05, 3.63) is 39.4 Å². The molecule has 1 N–H and O–H groups in total. The number of nitro groups is 1. The van der Waals surface area contributed by atoms with Crippen LogP contribution in [0.15, 0.2) is 18.2 Å². The van der Waals surface area contributed by atoms with Gasteiger partial charge >= 0.3 is 0 Å². The molecule has 0 spiro atoms. The van der Waals surface area contributed by atoms with E-state index in [2.05, 4.69) is 5.32 Å². The van der Waals surface area contributed by atoms with Crippen LogP contribution in [0.5, 0.6) is 0 Å². The van der Waals surface area contributed by atoms with Crippen LogP contribution < -0.4 is 5.32 Å². The average Bonchev–Trinajstić information content (AvgIpc) is 2.34. The molecular weight excluding hydrogens is 232 g/mol. The molecule has 5 heteroatoms. The van der Waals surface area contributed by atoms with Crippen molar-refractivity contribution in [2.45, 2.75) is 39.7 Å². The summed E-state index contributed by atoms with van der Waals surface area (Å²) in [6, 6.07) is 4.56. The van der Waals surface area contributed by atoms with Crippen LogP contribution in [0.3, 0.4) is 0 Å². The van der Waals surface area contributed by atoms with Gasteiger partial charge in [0.15, 0.2) is 0 Å². The summed E-state index contributed by atoms with van der Waals surface area (Å²) in [5, 5.41) is 13.6. The minimum Gasteiger partial charge on any atom is -0.349 e. The van der Waals surface area contributed by atoms with Crippen molar-refractivity contribution in [3.8, 4) is 0 Å². The maximum absolute atomic E-state index is 11.9. The highest BCUT2D eigenvalue weighted by Crippen LogP contribution is 2.18. The Morgan fingerprint density at radius 3 is 2.44 bits per heavy atom. The minimum atomic E-state index is -0.447. The topological polar surface area (TPSA) is 72.2 Å². The van der Waals surface area contributed by atoms with Crippen LogP contribution >= 0.6 is 0 Å². The Kier molecular flexibility index (Phi) is 4.83. The Morgan fingerprint density at radius 2 is 2.00 bits per heavy atom. The van der Waals surface area contributed by atoms with Crippen molar-refractivity contribution in [2.24, 2.45) is 0 Å². The molecule has 0 heterocycles. The summed E-state index contributed by atoms with van der Waals surface area (Å²) < 4.78 is 0. The van der Waals surface area contributed by atoms with Gasteiger partial charge < -0.3 is 5.32 Å². The van der Waals surface area contributed by atoms with E-state index in [-0.39, 0.29) is 17.6 Å². The van der Waals surface area contributed by atoms with Gasteiger partial charge in [-0.1, -0.05) is 13.8 Å². The SMILES string of the molecule is CCC(CC)NC(=O)c1ccc([N+](=O)[O-])c(C)c1. The number of nitrogens with one attached hydrogen (secondary N) is 1. The second-order valence-corrected chi connectivity index (χ2v) is 4.25. The lowest BCUT2D eigenvalue weighted by atomic mass is 10.1. The van der Waals surface area contributed by atoms with Gasteiger partial charge in [0.1, 0.15) is 0 Å². The molecular formula is C13H18N2O3. The lowest BCUT2D eigenvalue weighted by Crippen LogP contribution is -2.33. The van der Waals surface area contributed by atoms with Crippen molar-refractivity contribution in [3.63, 3.8) is 0 Å². The molecule has 18 heavy (non-hydrogen) atoms. The number of carbonyl (C=O) groups is 1. The molecule has 0 atom stereocenters. The third kappa shape index (κ3) is 3.29. The zero-order valence-corrected chi connectivity index (χ0v) is 10.9. The zero-order chi connectivity index (χ0) is 13.7. The van der Waals surface area contributed by atoms with Crippen molar-refractivity contribution < 1.29 is 9.72 Å². The molecule has 0 saturated carbocycles. The molecule has 0 unspecified atom stereocenters. The number of benzene rings is 1. The van der Waals surface area contributed by atoms with E-state index in [9.17, 15) is 14.9 Å². The first kappa shape index (κ1) is 14.2. The molecule has 1 aromatic rings. The van der Waals surface area contributed by atoms with Gasteiger partial charge in [0.25, 0.3) is 11.6 Å². The van der Waals surface area contributed by atoms with Gasteiger partial charge in [-0.2, -0.15) is 0 Å². The summed E-state index contributed by atoms with van der Waals surface area (Å²) in [4.78, 5) is 22.2. The summed E-state index contributed by atoms with van der Waals surface area (Å²) in [6.07, 6.45) is 1.74. The Labute approximate surface area is 106 Å². The molecule has 0 aromatic heterocycles. The van der Waals surface area contributed by atoms with Gasteiger partial charge in [0, 0.05) is 23.2 Å². The monoisotopic (exact) mass is 250 g/mol. The van der Waals surface area contributed by atoms with Crippen molar-refractivity contribution in [2.75, 3.05) is 0 Å². The second-order valence-electron chi connectivity index (χ2n) is 4.25. The molecule has 98 valence electrons. The normalized spacial score (nSPS) is 10.4. The third-order valence-electron chi connectivity index (χ3n) is 2.98. The molecule has 1 amide bonds. The van der Waals surface area contributed by atoms with E-state index in [1.165, 1.54) is 12.1 Å². The fraction of sp³-hybridized carbons (Fsp3) is 0.462. The summed E-state index contributed by atoms with van der Waals surface area (Å²) >= 11 is 0. The molecule has 0 saturated heterocycles. The summed E-state index contributed by atoms with van der Waals surface area (Å²) in [6.45, 7) is 5.65. The highest BCUT2D eigenvalue weighted by molar-refractivity contribution is 5.94. The summed E-state index contributed by atoms with van der Waals surface area (Å²) in [5.74, 6) is -0.179. The van der Waals surface area contributed by atoms with Crippen molar-refractivity contribution >= 4 is 11.6 Å². The van der Waals surface area contributed by atoms with Crippen LogP contribution in [0.4, 0.5) is 5.69 Å². The standard InChI is InChI=1S/C13H18N2O3/c1-4-11(5-2)14-13(16)10-6-7-12(15(17)18)9(3)8-10/h6-8,11H,4-5H2,1-3H3,(H,14,16). The Balaban J connectivity index is 2.88. The highest BCUT2D eigenvalue weighted by Gasteiger charge is 2.15. The zero-order valence-electron chi connectivity index (χ0n) is 10.9. The number of nitro benzene ring substituents is 1. The maximum atomic E-state index is 11.9. The fourth-order valence-electron chi connectivity index (χ4n) is 1.76. The van der Waals surface area contributed by atoms with E-state index in [1.54, 1.807) is 13.0 Å². The smallest absolute Gasteiger partial charge is 0.272 e. The number of rotatable bonds is 5. The van der Waals surface area contributed by atoms with Gasteiger partial charge in [-0.25, -0.2) is 0 Å². The van der Waals surface area contributed by atoms with Gasteiger partial charge in [0.05, 0.1) is 4.92 Å². The van der Waals surface area contributed by atoms with Gasteiger partial charge in [-0.05, 0) is 31.9 Å². The van der Waals surface area contributed by atoms with Gasteiger partial charge in [-0.15, -0.1) is 0 Å². The molecule has 0 radical (unpaired) electrons. The molecule has 0 aliphatic heterocycles. The largest absolute Gasteiger partial charge is 0.349 e. The van der Waals surface area contributed by atoms with Gasteiger partial charge in [-0.3, -0.25) is 14.9 Å². The van der Waals surface area contributed by atoms with E-state index < -0.39 is 4.92 Å². The predicted octanol–water partition coefficient (Wildman–Crippen LogP) is 2.82. The van der Waals surface area contributed by atoms with Gasteiger partial charge in [0.2, 0.25) is 0 Å². The Morgan fingerprint density at radius 1 is 1.39 bits per heavy atom. The second kappa shape index (κ2) is 6.14. The minimum absolute atomic E-state index is 0.0362. The first-order valence-electron chi connectivity index (χ1n) is 6.05. The van der Waals surface area contributed by atoms with E-state index in [1.807, 2.05) is 13.8 Å². The molecule has 0 aliphatic rings. The van der Waals surface area contributed by atoms with Crippen LogP contribution in [0.1, 0.15) is 42.6 Å². The molecule has 0 fully saturated rings. The first-order valence-corrected chi connectivity index (χ1v) is 6.05. The van der Waals surface area contributed by atoms with Crippen LogP contribution in [0.25, 0.3) is 0 Å². The fourth-order valence-corrected chi connectivity index (χ4v) is 1.76. The lowest BCUT2D eigenvalue weighted by Gasteiger charge is -2.14. The molecule has 0 bridgehead atoms. The number of aryl methyl sites for hydroxylation is 1. The molecule has 0 aliphatic carbocycles. The van der Waals surface area contributed by atoms with Crippen LogP contribution in [-0.2, 0) is 0 Å². The molecule has 1 aromatic carbocycles. The Bertz CT molecular complexity index is 454. The maximum Gasteiger partial charge on any atom is 0.272 e. The first-order chi connectivity index (χ1) is 8.49. The highest BCUT2D eigenvalue weighted by atomic mass is 16.6. The lowest BCUT2D eigenvalue weighted by molar-refractivity contribution is -0.385. The van der Waals surface area contributed by atoms with Crippen LogP contribution in [-0.4, -0.2) is 16.9 Å². The average molecular weight is 250 g/mol. The van der Waals surface area contributed by atoms with Crippen LogP contribution in [0.2, 0.25) is 0 Å². The van der Waals surface area contributed by atoms with E-state index in [0.29, 0.717) is 11.1 Å². The van der Waals surface area contributed by atoms with Crippen LogP contribution in [0, 0.1) is 17.0 Å². The number of hydrogen-bond donors (Lipinski definition) is 1.